The Hall–Kier alpha value is -2.31. The molecule has 1 heterocycles. The molecule has 2 amide bonds. The standard InChI is InChI=1S/C19H20N2O3S/c1-12-7-9-14(10-8-12)11-17-19(23)21(13(2)18(22)20-24)15-5-3-4-6-16(15)25-17/h3-10,13,17,24H,11H2,1-2H3,(H,20,22). The predicted molar refractivity (Wildman–Crippen MR) is 97.8 cm³/mol. The zero-order chi connectivity index (χ0) is 18.0. The van der Waals surface area contributed by atoms with Crippen molar-refractivity contribution >= 4 is 29.3 Å². The second-order valence-electron chi connectivity index (χ2n) is 6.12. The summed E-state index contributed by atoms with van der Waals surface area (Å²) in [5.41, 5.74) is 4.60. The van der Waals surface area contributed by atoms with Crippen LogP contribution in [-0.4, -0.2) is 28.3 Å². The van der Waals surface area contributed by atoms with Crippen molar-refractivity contribution < 1.29 is 14.8 Å². The van der Waals surface area contributed by atoms with Crippen molar-refractivity contribution in [3.8, 4) is 0 Å². The number of aryl methyl sites for hydroxylation is 1. The fourth-order valence-electron chi connectivity index (χ4n) is 2.91. The van der Waals surface area contributed by atoms with Crippen molar-refractivity contribution in [3.63, 3.8) is 0 Å². The van der Waals surface area contributed by atoms with Gasteiger partial charge in [0.05, 0.1) is 10.9 Å². The molecule has 0 saturated heterocycles. The number of hydrogen-bond acceptors (Lipinski definition) is 4. The first kappa shape index (κ1) is 17.5. The van der Waals surface area contributed by atoms with E-state index in [1.54, 1.807) is 12.4 Å². The molecule has 1 aliphatic rings. The second kappa shape index (κ2) is 7.29. The van der Waals surface area contributed by atoms with Gasteiger partial charge in [-0.25, -0.2) is 5.48 Å². The summed E-state index contributed by atoms with van der Waals surface area (Å²) in [6.07, 6.45) is 0.585. The highest BCUT2D eigenvalue weighted by atomic mass is 32.2. The van der Waals surface area contributed by atoms with Gasteiger partial charge in [0, 0.05) is 4.90 Å². The number of amides is 2. The maximum absolute atomic E-state index is 13.1. The topological polar surface area (TPSA) is 69.6 Å². The molecule has 2 atom stereocenters. The number of carbonyl (C=O) groups is 2. The molecule has 2 unspecified atom stereocenters. The first-order valence-corrected chi connectivity index (χ1v) is 8.97. The van der Waals surface area contributed by atoms with E-state index in [1.165, 1.54) is 22.2 Å². The largest absolute Gasteiger partial charge is 0.298 e. The summed E-state index contributed by atoms with van der Waals surface area (Å²) in [6, 6.07) is 14.8. The van der Waals surface area contributed by atoms with Gasteiger partial charge in [-0.15, -0.1) is 11.8 Å². The molecule has 0 fully saturated rings. The van der Waals surface area contributed by atoms with Gasteiger partial charge in [0.2, 0.25) is 5.91 Å². The van der Waals surface area contributed by atoms with Gasteiger partial charge in [0.25, 0.3) is 5.91 Å². The maximum Gasteiger partial charge on any atom is 0.266 e. The van der Waals surface area contributed by atoms with Gasteiger partial charge in [-0.3, -0.25) is 19.7 Å². The summed E-state index contributed by atoms with van der Waals surface area (Å²) >= 11 is 1.52. The van der Waals surface area contributed by atoms with Gasteiger partial charge in [0.1, 0.15) is 6.04 Å². The second-order valence-corrected chi connectivity index (χ2v) is 7.37. The van der Waals surface area contributed by atoms with E-state index in [9.17, 15) is 9.59 Å². The molecule has 130 valence electrons. The third-order valence-electron chi connectivity index (χ3n) is 4.33. The predicted octanol–water partition coefficient (Wildman–Crippen LogP) is 2.94. The molecule has 1 aliphatic heterocycles. The third kappa shape index (κ3) is 3.55. The molecule has 0 spiro atoms. The molecule has 0 aromatic heterocycles. The number of anilines is 1. The molecule has 3 rings (SSSR count). The summed E-state index contributed by atoms with van der Waals surface area (Å²) in [5.74, 6) is -0.732. The van der Waals surface area contributed by atoms with Crippen LogP contribution in [0.4, 0.5) is 5.69 Å². The molecular formula is C19H20N2O3S. The number of benzene rings is 2. The molecule has 0 radical (unpaired) electrons. The van der Waals surface area contributed by atoms with Crippen molar-refractivity contribution in [2.24, 2.45) is 0 Å². The maximum atomic E-state index is 13.1. The first-order chi connectivity index (χ1) is 12.0. The summed E-state index contributed by atoms with van der Waals surface area (Å²) < 4.78 is 0. The number of carbonyl (C=O) groups excluding carboxylic acids is 2. The van der Waals surface area contributed by atoms with Gasteiger partial charge >= 0.3 is 0 Å². The van der Waals surface area contributed by atoms with Crippen molar-refractivity contribution in [2.75, 3.05) is 4.90 Å². The smallest absolute Gasteiger partial charge is 0.266 e. The van der Waals surface area contributed by atoms with Gasteiger partial charge in [-0.1, -0.05) is 42.0 Å². The van der Waals surface area contributed by atoms with Crippen LogP contribution in [0.15, 0.2) is 53.4 Å². The number of nitrogens with one attached hydrogen (secondary N) is 1. The minimum Gasteiger partial charge on any atom is -0.298 e. The van der Waals surface area contributed by atoms with Crippen LogP contribution in [0, 0.1) is 6.92 Å². The first-order valence-electron chi connectivity index (χ1n) is 8.09. The molecular weight excluding hydrogens is 336 g/mol. The highest BCUT2D eigenvalue weighted by molar-refractivity contribution is 8.01. The molecule has 5 nitrogen and oxygen atoms in total. The van der Waals surface area contributed by atoms with Gasteiger partial charge in [-0.2, -0.15) is 0 Å². The lowest BCUT2D eigenvalue weighted by Crippen LogP contribution is -2.52. The van der Waals surface area contributed by atoms with Crippen LogP contribution in [0.1, 0.15) is 18.1 Å². The highest BCUT2D eigenvalue weighted by Crippen LogP contribution is 2.41. The molecule has 0 bridgehead atoms. The van der Waals surface area contributed by atoms with Crippen LogP contribution in [0.3, 0.4) is 0 Å². The normalized spacial score (nSPS) is 17.8. The van der Waals surface area contributed by atoms with E-state index < -0.39 is 11.9 Å². The fourth-order valence-corrected chi connectivity index (χ4v) is 4.15. The number of hydroxylamine groups is 1. The zero-order valence-electron chi connectivity index (χ0n) is 14.1. The minimum absolute atomic E-state index is 0.125. The molecule has 0 saturated carbocycles. The van der Waals surface area contributed by atoms with Crippen LogP contribution >= 0.6 is 11.8 Å². The molecule has 2 aromatic carbocycles. The van der Waals surface area contributed by atoms with E-state index in [0.29, 0.717) is 12.1 Å². The summed E-state index contributed by atoms with van der Waals surface area (Å²) in [7, 11) is 0. The fraction of sp³-hybridized carbons (Fsp3) is 0.263. The molecule has 6 heteroatoms. The zero-order valence-corrected chi connectivity index (χ0v) is 14.9. The molecule has 0 aliphatic carbocycles. The summed E-state index contributed by atoms with van der Waals surface area (Å²) in [4.78, 5) is 27.4. The Morgan fingerprint density at radius 1 is 1.24 bits per heavy atom. The van der Waals surface area contributed by atoms with E-state index in [-0.39, 0.29) is 11.2 Å². The van der Waals surface area contributed by atoms with Gasteiger partial charge < -0.3 is 0 Å². The van der Waals surface area contributed by atoms with E-state index in [4.69, 9.17) is 5.21 Å². The van der Waals surface area contributed by atoms with Gasteiger partial charge in [0.15, 0.2) is 0 Å². The number of thioether (sulfide) groups is 1. The van der Waals surface area contributed by atoms with Crippen molar-refractivity contribution in [2.45, 2.75) is 36.5 Å². The quantitative estimate of drug-likeness (QED) is 0.653. The van der Waals surface area contributed by atoms with E-state index in [0.717, 1.165) is 10.5 Å². The number of nitrogens with zero attached hydrogens (tertiary/aromatic N) is 1. The van der Waals surface area contributed by atoms with Crippen LogP contribution in [0.25, 0.3) is 0 Å². The molecule has 2 aromatic rings. The molecule has 25 heavy (non-hydrogen) atoms. The lowest BCUT2D eigenvalue weighted by Gasteiger charge is -2.36. The van der Waals surface area contributed by atoms with E-state index in [2.05, 4.69) is 0 Å². The SMILES string of the molecule is Cc1ccc(CC2Sc3ccccc3N(C(C)C(=O)NO)C2=O)cc1. The van der Waals surface area contributed by atoms with Crippen molar-refractivity contribution in [3.05, 3.63) is 59.7 Å². The number of para-hydroxylation sites is 1. The van der Waals surface area contributed by atoms with E-state index in [1.807, 2.05) is 55.5 Å². The number of hydrogen-bond donors (Lipinski definition) is 2. The minimum atomic E-state index is -0.792. The average molecular weight is 356 g/mol. The Kier molecular flexibility index (Phi) is 5.11. The third-order valence-corrected chi connectivity index (χ3v) is 5.58. The molecule has 2 N–H and O–H groups in total. The Bertz CT molecular complexity index is 792. The van der Waals surface area contributed by atoms with Crippen LogP contribution in [0.2, 0.25) is 0 Å². The Balaban J connectivity index is 1.93. The van der Waals surface area contributed by atoms with Crippen molar-refractivity contribution in [1.29, 1.82) is 0 Å². The highest BCUT2D eigenvalue weighted by Gasteiger charge is 2.38. The summed E-state index contributed by atoms with van der Waals surface area (Å²) in [6.45, 7) is 3.64. The Morgan fingerprint density at radius 2 is 1.92 bits per heavy atom. The number of fused-ring (bicyclic) bond motifs is 1. The van der Waals surface area contributed by atoms with Crippen LogP contribution in [-0.2, 0) is 16.0 Å². The monoisotopic (exact) mass is 356 g/mol. The van der Waals surface area contributed by atoms with Crippen molar-refractivity contribution in [1.82, 2.24) is 5.48 Å². The van der Waals surface area contributed by atoms with Crippen LogP contribution in [0.5, 0.6) is 0 Å². The lowest BCUT2D eigenvalue weighted by atomic mass is 10.1. The summed E-state index contributed by atoms with van der Waals surface area (Å²) in [5, 5.41) is 8.64. The average Bonchev–Trinajstić information content (AvgIpc) is 2.63. The van der Waals surface area contributed by atoms with E-state index >= 15 is 0 Å². The Labute approximate surface area is 151 Å². The number of rotatable bonds is 4. The van der Waals surface area contributed by atoms with Gasteiger partial charge in [-0.05, 0) is 38.0 Å². The lowest BCUT2D eigenvalue weighted by molar-refractivity contribution is -0.132. The Morgan fingerprint density at radius 3 is 2.60 bits per heavy atom. The van der Waals surface area contributed by atoms with Crippen LogP contribution < -0.4 is 10.4 Å².